The van der Waals surface area contributed by atoms with Crippen LogP contribution in [0.5, 0.6) is 0 Å². The third-order valence-electron chi connectivity index (χ3n) is 4.36. The van der Waals surface area contributed by atoms with Gasteiger partial charge in [0.25, 0.3) is 0 Å². The van der Waals surface area contributed by atoms with E-state index in [4.69, 9.17) is 15.2 Å². The molecule has 1 atom stereocenters. The van der Waals surface area contributed by atoms with Gasteiger partial charge in [0.1, 0.15) is 0 Å². The maximum atomic E-state index is 6.02. The molecule has 3 N–H and O–H groups in total. The normalized spacial score (nSPS) is 17.4. The van der Waals surface area contributed by atoms with E-state index in [2.05, 4.69) is 46.4 Å². The number of nitrogens with zero attached hydrogens (tertiary/aromatic N) is 2. The Morgan fingerprint density at radius 3 is 2.72 bits per heavy atom. The van der Waals surface area contributed by atoms with E-state index in [9.17, 15) is 0 Å². The van der Waals surface area contributed by atoms with Crippen LogP contribution in [0, 0.1) is 6.92 Å². The van der Waals surface area contributed by atoms with Crippen molar-refractivity contribution in [2.75, 3.05) is 52.6 Å². The number of hydrogen-bond acceptors (Lipinski definition) is 4. The van der Waals surface area contributed by atoms with Crippen LogP contribution in [0.4, 0.5) is 0 Å². The molecule has 1 aromatic carbocycles. The second-order valence-corrected chi connectivity index (χ2v) is 6.28. The molecule has 0 aromatic heterocycles. The highest BCUT2D eigenvalue weighted by atomic mass is 16.5. The minimum Gasteiger partial charge on any atom is -0.382 e. The predicted molar refractivity (Wildman–Crippen MR) is 102 cm³/mol. The second-order valence-electron chi connectivity index (χ2n) is 6.28. The number of aliphatic imine (C=N–C) groups is 1. The van der Waals surface area contributed by atoms with E-state index >= 15 is 0 Å². The monoisotopic (exact) mass is 348 g/mol. The van der Waals surface area contributed by atoms with Crippen LogP contribution in [0.25, 0.3) is 0 Å². The molecule has 1 aliphatic rings. The molecule has 0 saturated carbocycles. The smallest absolute Gasteiger partial charge is 0.188 e. The molecule has 1 aromatic rings. The summed E-state index contributed by atoms with van der Waals surface area (Å²) in [5, 5.41) is 3.16. The Balaban J connectivity index is 1.93. The first-order chi connectivity index (χ1) is 12.2. The topological polar surface area (TPSA) is 72.1 Å². The third-order valence-corrected chi connectivity index (χ3v) is 4.36. The molecule has 0 aliphatic carbocycles. The quantitative estimate of drug-likeness (QED) is 0.404. The lowest BCUT2D eigenvalue weighted by atomic mass is 10.0. The van der Waals surface area contributed by atoms with Crippen molar-refractivity contribution in [1.29, 1.82) is 0 Å². The van der Waals surface area contributed by atoms with Crippen LogP contribution in [0.2, 0.25) is 0 Å². The molecule has 25 heavy (non-hydrogen) atoms. The Morgan fingerprint density at radius 2 is 2.04 bits per heavy atom. The summed E-state index contributed by atoms with van der Waals surface area (Å²) in [5.41, 5.74) is 8.57. The maximum absolute atomic E-state index is 6.02. The van der Waals surface area contributed by atoms with Crippen molar-refractivity contribution in [2.24, 2.45) is 10.7 Å². The van der Waals surface area contributed by atoms with Gasteiger partial charge in [-0.3, -0.25) is 9.89 Å². The number of rotatable bonds is 9. The highest BCUT2D eigenvalue weighted by Gasteiger charge is 2.22. The average Bonchev–Trinajstić information content (AvgIpc) is 2.64. The number of nitrogens with one attached hydrogen (secondary N) is 1. The maximum Gasteiger partial charge on any atom is 0.188 e. The van der Waals surface area contributed by atoms with Gasteiger partial charge in [-0.2, -0.15) is 0 Å². The van der Waals surface area contributed by atoms with Gasteiger partial charge in [-0.1, -0.05) is 29.8 Å². The highest BCUT2D eigenvalue weighted by molar-refractivity contribution is 5.77. The van der Waals surface area contributed by atoms with Crippen LogP contribution in [-0.4, -0.2) is 63.5 Å². The van der Waals surface area contributed by atoms with Crippen molar-refractivity contribution in [3.63, 3.8) is 0 Å². The number of hydrogen-bond donors (Lipinski definition) is 2. The molecule has 1 fully saturated rings. The zero-order valence-electron chi connectivity index (χ0n) is 15.5. The Bertz CT molecular complexity index is 513. The standard InChI is InChI=1S/C19H32N4O2/c1-3-24-12-4-9-21-19(20)22-15-18(23-10-13-25-14-11-23)17-7-5-16(2)6-8-17/h5-8,18H,3-4,9-15H2,1-2H3,(H3,20,21,22). The number of guanidine groups is 1. The van der Waals surface area contributed by atoms with Gasteiger partial charge in [-0.15, -0.1) is 0 Å². The number of morpholine rings is 1. The van der Waals surface area contributed by atoms with Gasteiger partial charge >= 0.3 is 0 Å². The number of benzene rings is 1. The van der Waals surface area contributed by atoms with Crippen LogP contribution in [0.15, 0.2) is 29.3 Å². The van der Waals surface area contributed by atoms with Crippen LogP contribution in [0.3, 0.4) is 0 Å². The zero-order valence-corrected chi connectivity index (χ0v) is 15.5. The lowest BCUT2D eigenvalue weighted by Gasteiger charge is -2.34. The van der Waals surface area contributed by atoms with Crippen molar-refractivity contribution < 1.29 is 9.47 Å². The number of ether oxygens (including phenoxy) is 2. The summed E-state index contributed by atoms with van der Waals surface area (Å²) in [4.78, 5) is 7.01. The van der Waals surface area contributed by atoms with Crippen molar-refractivity contribution in [3.05, 3.63) is 35.4 Å². The summed E-state index contributed by atoms with van der Waals surface area (Å²) < 4.78 is 10.8. The lowest BCUT2D eigenvalue weighted by Crippen LogP contribution is -2.41. The van der Waals surface area contributed by atoms with Gasteiger partial charge in [0, 0.05) is 32.8 Å². The predicted octanol–water partition coefficient (Wildman–Crippen LogP) is 1.70. The SMILES string of the molecule is CCOCCCNC(N)=NCC(c1ccc(C)cc1)N1CCOCC1. The fourth-order valence-electron chi connectivity index (χ4n) is 2.89. The summed E-state index contributed by atoms with van der Waals surface area (Å²) in [6.45, 7) is 10.4. The molecule has 6 heteroatoms. The highest BCUT2D eigenvalue weighted by Crippen LogP contribution is 2.22. The van der Waals surface area contributed by atoms with Crippen LogP contribution in [0.1, 0.15) is 30.5 Å². The van der Waals surface area contributed by atoms with E-state index in [1.807, 2.05) is 6.92 Å². The Morgan fingerprint density at radius 1 is 1.32 bits per heavy atom. The van der Waals surface area contributed by atoms with E-state index in [-0.39, 0.29) is 6.04 Å². The molecular formula is C19H32N4O2. The molecule has 2 rings (SSSR count). The zero-order chi connectivity index (χ0) is 17.9. The molecule has 6 nitrogen and oxygen atoms in total. The van der Waals surface area contributed by atoms with E-state index in [0.717, 1.165) is 52.5 Å². The van der Waals surface area contributed by atoms with Crippen molar-refractivity contribution in [3.8, 4) is 0 Å². The van der Waals surface area contributed by atoms with Gasteiger partial charge in [-0.05, 0) is 25.8 Å². The van der Waals surface area contributed by atoms with Gasteiger partial charge < -0.3 is 20.5 Å². The van der Waals surface area contributed by atoms with Crippen molar-refractivity contribution >= 4 is 5.96 Å². The first kappa shape index (κ1) is 19.7. The molecule has 1 unspecified atom stereocenters. The van der Waals surface area contributed by atoms with Gasteiger partial charge in [-0.25, -0.2) is 0 Å². The van der Waals surface area contributed by atoms with Gasteiger partial charge in [0.2, 0.25) is 0 Å². The Kier molecular flexibility index (Phi) is 8.72. The van der Waals surface area contributed by atoms with Crippen LogP contribution >= 0.6 is 0 Å². The fourth-order valence-corrected chi connectivity index (χ4v) is 2.89. The largest absolute Gasteiger partial charge is 0.382 e. The molecule has 1 saturated heterocycles. The summed E-state index contributed by atoms with van der Waals surface area (Å²) >= 11 is 0. The van der Waals surface area contributed by atoms with E-state index < -0.39 is 0 Å². The third kappa shape index (κ3) is 7.02. The Hall–Kier alpha value is -1.63. The number of aryl methyl sites for hydroxylation is 1. The molecule has 0 spiro atoms. The van der Waals surface area contributed by atoms with E-state index in [0.29, 0.717) is 12.5 Å². The summed E-state index contributed by atoms with van der Waals surface area (Å²) in [6, 6.07) is 8.92. The lowest BCUT2D eigenvalue weighted by molar-refractivity contribution is 0.0180. The van der Waals surface area contributed by atoms with Gasteiger partial charge in [0.05, 0.1) is 25.8 Å². The van der Waals surface area contributed by atoms with Crippen LogP contribution in [-0.2, 0) is 9.47 Å². The second kappa shape index (κ2) is 11.1. The molecule has 0 amide bonds. The summed E-state index contributed by atoms with van der Waals surface area (Å²) in [5.74, 6) is 0.502. The molecular weight excluding hydrogens is 316 g/mol. The summed E-state index contributed by atoms with van der Waals surface area (Å²) in [6.07, 6.45) is 0.926. The first-order valence-electron chi connectivity index (χ1n) is 9.20. The first-order valence-corrected chi connectivity index (χ1v) is 9.20. The molecule has 1 heterocycles. The molecule has 0 bridgehead atoms. The minimum absolute atomic E-state index is 0.230. The molecule has 0 radical (unpaired) electrons. The minimum atomic E-state index is 0.230. The van der Waals surface area contributed by atoms with Gasteiger partial charge in [0.15, 0.2) is 5.96 Å². The number of nitrogens with two attached hydrogens (primary N) is 1. The van der Waals surface area contributed by atoms with Crippen LogP contribution < -0.4 is 11.1 Å². The average molecular weight is 348 g/mol. The van der Waals surface area contributed by atoms with Crippen molar-refractivity contribution in [2.45, 2.75) is 26.3 Å². The molecule has 1 aliphatic heterocycles. The summed E-state index contributed by atoms with van der Waals surface area (Å²) in [7, 11) is 0. The Labute approximate surface area is 151 Å². The molecule has 140 valence electrons. The van der Waals surface area contributed by atoms with E-state index in [1.165, 1.54) is 11.1 Å². The van der Waals surface area contributed by atoms with Crippen molar-refractivity contribution in [1.82, 2.24) is 10.2 Å². The fraction of sp³-hybridized carbons (Fsp3) is 0.632. The van der Waals surface area contributed by atoms with E-state index in [1.54, 1.807) is 0 Å².